The van der Waals surface area contributed by atoms with E-state index in [-0.39, 0.29) is 17.4 Å². The van der Waals surface area contributed by atoms with Gasteiger partial charge in [0.15, 0.2) is 5.75 Å². The Kier molecular flexibility index (Phi) is 8.35. The summed E-state index contributed by atoms with van der Waals surface area (Å²) in [6.45, 7) is 1.68. The average molecular weight is 537 g/mol. The highest BCUT2D eigenvalue weighted by atomic mass is 19.3. The molecular formula is C27H30F2N8O2. The number of fused-ring (bicyclic) bond motifs is 1. The monoisotopic (exact) mass is 536 g/mol. The molecule has 0 bridgehead atoms. The van der Waals surface area contributed by atoms with Gasteiger partial charge in [-0.05, 0) is 44.4 Å². The standard InChI is InChI=1S/C27H30F2N8O2/c1-6-24(38)32-19-14-20(23(39-26(28)29)15-22(19)36(4)13-12-35(2)3)34-27-31-11-9-18(33-27)17-16-37(5)21-8-7-10-30-25(17)21/h6-11,14-16,26H,1,12-13H2,2-5H3,(H,32,38)(H,31,33,34). The molecule has 0 aliphatic rings. The summed E-state index contributed by atoms with van der Waals surface area (Å²) in [6, 6.07) is 8.51. The van der Waals surface area contributed by atoms with Gasteiger partial charge >= 0.3 is 6.61 Å². The molecule has 1 amide bonds. The third-order valence-corrected chi connectivity index (χ3v) is 5.97. The highest BCUT2D eigenvalue weighted by Gasteiger charge is 2.19. The number of likely N-dealkylation sites (N-methyl/N-ethyl adjacent to an activating group) is 2. The van der Waals surface area contributed by atoms with Crippen molar-refractivity contribution < 1.29 is 18.3 Å². The minimum atomic E-state index is -3.08. The minimum absolute atomic E-state index is 0.130. The van der Waals surface area contributed by atoms with Crippen molar-refractivity contribution in [2.45, 2.75) is 6.61 Å². The van der Waals surface area contributed by atoms with Crippen LogP contribution in [0, 0.1) is 0 Å². The molecular weight excluding hydrogens is 506 g/mol. The van der Waals surface area contributed by atoms with Crippen LogP contribution < -0.4 is 20.3 Å². The van der Waals surface area contributed by atoms with Crippen molar-refractivity contribution in [2.75, 3.05) is 49.8 Å². The fourth-order valence-electron chi connectivity index (χ4n) is 4.02. The molecule has 39 heavy (non-hydrogen) atoms. The van der Waals surface area contributed by atoms with Gasteiger partial charge in [0, 0.05) is 57.4 Å². The number of rotatable bonds is 11. The van der Waals surface area contributed by atoms with E-state index >= 15 is 0 Å². The molecule has 0 saturated heterocycles. The topological polar surface area (TPSA) is 100 Å². The number of pyridine rings is 1. The van der Waals surface area contributed by atoms with Crippen molar-refractivity contribution in [3.05, 3.63) is 61.6 Å². The van der Waals surface area contributed by atoms with Crippen molar-refractivity contribution in [1.82, 2.24) is 24.4 Å². The molecule has 0 fully saturated rings. The van der Waals surface area contributed by atoms with Crippen LogP contribution in [-0.4, -0.2) is 71.2 Å². The van der Waals surface area contributed by atoms with Gasteiger partial charge in [0.1, 0.15) is 0 Å². The normalized spacial score (nSPS) is 11.2. The summed E-state index contributed by atoms with van der Waals surface area (Å²) < 4.78 is 33.7. The Hall–Kier alpha value is -4.58. The van der Waals surface area contributed by atoms with Gasteiger partial charge in [-0.15, -0.1) is 0 Å². The van der Waals surface area contributed by atoms with Gasteiger partial charge in [-0.25, -0.2) is 9.97 Å². The fraction of sp³-hybridized carbons (Fsp3) is 0.259. The first-order valence-corrected chi connectivity index (χ1v) is 12.1. The number of halogens is 2. The molecule has 1 aromatic carbocycles. The molecule has 4 rings (SSSR count). The molecule has 204 valence electrons. The molecule has 0 atom stereocenters. The van der Waals surface area contributed by atoms with Crippen molar-refractivity contribution in [3.8, 4) is 17.0 Å². The van der Waals surface area contributed by atoms with Crippen LogP contribution in [-0.2, 0) is 11.8 Å². The van der Waals surface area contributed by atoms with E-state index in [0.717, 1.165) is 22.7 Å². The van der Waals surface area contributed by atoms with Crippen molar-refractivity contribution in [2.24, 2.45) is 7.05 Å². The van der Waals surface area contributed by atoms with E-state index in [1.54, 1.807) is 25.5 Å². The lowest BCUT2D eigenvalue weighted by Gasteiger charge is -2.26. The van der Waals surface area contributed by atoms with E-state index in [9.17, 15) is 13.6 Å². The second kappa shape index (κ2) is 11.9. The average Bonchev–Trinajstić information content (AvgIpc) is 3.25. The van der Waals surface area contributed by atoms with E-state index in [1.165, 1.54) is 12.1 Å². The molecule has 3 aromatic heterocycles. The lowest BCUT2D eigenvalue weighted by atomic mass is 10.2. The highest BCUT2D eigenvalue weighted by molar-refractivity contribution is 6.02. The maximum absolute atomic E-state index is 13.4. The van der Waals surface area contributed by atoms with Crippen molar-refractivity contribution >= 4 is 40.0 Å². The minimum Gasteiger partial charge on any atom is -0.433 e. The lowest BCUT2D eigenvalue weighted by Crippen LogP contribution is -2.29. The van der Waals surface area contributed by atoms with Gasteiger partial charge < -0.3 is 29.7 Å². The van der Waals surface area contributed by atoms with Gasteiger partial charge in [-0.2, -0.15) is 8.78 Å². The first-order valence-electron chi connectivity index (χ1n) is 12.1. The summed E-state index contributed by atoms with van der Waals surface area (Å²) in [6.07, 6.45) is 6.31. The summed E-state index contributed by atoms with van der Waals surface area (Å²) >= 11 is 0. The van der Waals surface area contributed by atoms with E-state index < -0.39 is 12.5 Å². The molecule has 4 aromatic rings. The Morgan fingerprint density at radius 2 is 1.95 bits per heavy atom. The van der Waals surface area contributed by atoms with Crippen LogP contribution in [0.3, 0.4) is 0 Å². The van der Waals surface area contributed by atoms with Crippen LogP contribution >= 0.6 is 0 Å². The first kappa shape index (κ1) is 27.5. The van der Waals surface area contributed by atoms with Gasteiger partial charge in [0.05, 0.1) is 33.8 Å². The van der Waals surface area contributed by atoms with Crippen LogP contribution in [0.5, 0.6) is 5.75 Å². The highest BCUT2D eigenvalue weighted by Crippen LogP contribution is 2.39. The molecule has 2 N–H and O–H groups in total. The number of benzene rings is 1. The number of carbonyl (C=O) groups is 1. The first-order chi connectivity index (χ1) is 18.7. The number of aryl methyl sites for hydroxylation is 1. The van der Waals surface area contributed by atoms with Crippen LogP contribution in [0.15, 0.2) is 61.6 Å². The number of hydrogen-bond donors (Lipinski definition) is 2. The largest absolute Gasteiger partial charge is 0.433 e. The number of alkyl halides is 2. The number of amides is 1. The summed E-state index contributed by atoms with van der Waals surface area (Å²) in [7, 11) is 7.56. The van der Waals surface area contributed by atoms with E-state index in [2.05, 4.69) is 32.2 Å². The summed E-state index contributed by atoms with van der Waals surface area (Å²) in [5.41, 5.74) is 4.10. The zero-order valence-electron chi connectivity index (χ0n) is 22.2. The summed E-state index contributed by atoms with van der Waals surface area (Å²) in [5, 5.41) is 5.73. The molecule has 0 radical (unpaired) electrons. The Labute approximate surface area is 224 Å². The smallest absolute Gasteiger partial charge is 0.387 e. The number of anilines is 4. The Balaban J connectivity index is 1.75. The van der Waals surface area contributed by atoms with E-state index in [0.29, 0.717) is 30.2 Å². The van der Waals surface area contributed by atoms with Crippen LogP contribution in [0.2, 0.25) is 0 Å². The second-order valence-corrected chi connectivity index (χ2v) is 9.08. The van der Waals surface area contributed by atoms with E-state index in [4.69, 9.17) is 4.74 Å². The van der Waals surface area contributed by atoms with Crippen LogP contribution in [0.25, 0.3) is 22.3 Å². The zero-order chi connectivity index (χ0) is 28.1. The fourth-order valence-corrected chi connectivity index (χ4v) is 4.02. The molecule has 0 unspecified atom stereocenters. The van der Waals surface area contributed by atoms with Gasteiger partial charge in [-0.1, -0.05) is 6.58 Å². The third-order valence-electron chi connectivity index (χ3n) is 5.97. The predicted octanol–water partition coefficient (Wildman–Crippen LogP) is 4.50. The second-order valence-electron chi connectivity index (χ2n) is 9.08. The third kappa shape index (κ3) is 6.47. The van der Waals surface area contributed by atoms with Gasteiger partial charge in [0.2, 0.25) is 11.9 Å². The molecule has 0 aliphatic carbocycles. The maximum Gasteiger partial charge on any atom is 0.387 e. The summed E-state index contributed by atoms with van der Waals surface area (Å²) in [4.78, 5) is 29.4. The summed E-state index contributed by atoms with van der Waals surface area (Å²) in [5.74, 6) is -0.434. The van der Waals surface area contributed by atoms with Gasteiger partial charge in [-0.3, -0.25) is 9.78 Å². The molecule has 0 spiro atoms. The van der Waals surface area contributed by atoms with Crippen LogP contribution in [0.1, 0.15) is 0 Å². The Morgan fingerprint density at radius 3 is 2.67 bits per heavy atom. The lowest BCUT2D eigenvalue weighted by molar-refractivity contribution is -0.111. The predicted molar refractivity (Wildman–Crippen MR) is 149 cm³/mol. The molecule has 0 saturated carbocycles. The number of nitrogens with zero attached hydrogens (tertiary/aromatic N) is 6. The maximum atomic E-state index is 13.4. The number of aromatic nitrogens is 4. The molecule has 12 heteroatoms. The van der Waals surface area contributed by atoms with Crippen LogP contribution in [0.4, 0.5) is 31.8 Å². The number of hydrogen-bond acceptors (Lipinski definition) is 8. The Bertz CT molecular complexity index is 1490. The zero-order valence-corrected chi connectivity index (χ0v) is 22.2. The SMILES string of the molecule is C=CC(=O)Nc1cc(Nc2nccc(-c3cn(C)c4cccnc34)n2)c(OC(F)F)cc1N(C)CCN(C)C. The number of ether oxygens (including phenoxy) is 1. The van der Waals surface area contributed by atoms with Gasteiger partial charge in [0.25, 0.3) is 0 Å². The van der Waals surface area contributed by atoms with Crippen molar-refractivity contribution in [1.29, 1.82) is 0 Å². The molecule has 0 aliphatic heterocycles. The quantitative estimate of drug-likeness (QED) is 0.271. The number of nitrogens with one attached hydrogen (secondary N) is 2. The van der Waals surface area contributed by atoms with Crippen molar-refractivity contribution in [3.63, 3.8) is 0 Å². The molecule has 3 heterocycles. The molecule has 10 nitrogen and oxygen atoms in total. The van der Waals surface area contributed by atoms with E-state index in [1.807, 2.05) is 53.8 Å². The number of carbonyl (C=O) groups excluding carboxylic acids is 1. The Morgan fingerprint density at radius 1 is 1.15 bits per heavy atom.